The molecular weight excluding hydrogens is 408 g/mol. The molecule has 1 N–H and O–H groups in total. The SMILES string of the molecule is CCOC(=O)C1(c2c(C)cccc2NS(C)(=O)=O)CCN(C(=O)OC(C)(C)C)CC1. The zero-order valence-corrected chi connectivity index (χ0v) is 19.4. The van der Waals surface area contributed by atoms with Crippen molar-refractivity contribution in [1.29, 1.82) is 0 Å². The zero-order chi connectivity index (χ0) is 22.7. The van der Waals surface area contributed by atoms with Crippen LogP contribution in [0.2, 0.25) is 0 Å². The van der Waals surface area contributed by atoms with Crippen LogP contribution in [-0.2, 0) is 29.7 Å². The molecule has 1 amide bonds. The van der Waals surface area contributed by atoms with E-state index in [1.165, 1.54) is 0 Å². The van der Waals surface area contributed by atoms with Gasteiger partial charge in [-0.2, -0.15) is 0 Å². The van der Waals surface area contributed by atoms with E-state index in [-0.39, 0.29) is 6.61 Å². The van der Waals surface area contributed by atoms with Gasteiger partial charge < -0.3 is 14.4 Å². The molecule has 0 aliphatic carbocycles. The highest BCUT2D eigenvalue weighted by atomic mass is 32.2. The van der Waals surface area contributed by atoms with Crippen LogP contribution in [0.3, 0.4) is 0 Å². The highest BCUT2D eigenvalue weighted by molar-refractivity contribution is 7.92. The minimum Gasteiger partial charge on any atom is -0.465 e. The summed E-state index contributed by atoms with van der Waals surface area (Å²) in [5, 5.41) is 0. The molecule has 9 heteroatoms. The van der Waals surface area contributed by atoms with Crippen LogP contribution >= 0.6 is 0 Å². The van der Waals surface area contributed by atoms with Crippen molar-refractivity contribution in [2.45, 2.75) is 58.5 Å². The Morgan fingerprint density at radius 2 is 1.80 bits per heavy atom. The fraction of sp³-hybridized carbons (Fsp3) is 0.619. The Morgan fingerprint density at radius 1 is 1.20 bits per heavy atom. The monoisotopic (exact) mass is 440 g/mol. The third-order valence-electron chi connectivity index (χ3n) is 4.98. The largest absolute Gasteiger partial charge is 0.465 e. The van der Waals surface area contributed by atoms with Crippen LogP contribution in [0, 0.1) is 6.92 Å². The Morgan fingerprint density at radius 3 is 2.30 bits per heavy atom. The number of ether oxygens (including phenoxy) is 2. The van der Waals surface area contributed by atoms with E-state index in [1.807, 2.05) is 13.0 Å². The van der Waals surface area contributed by atoms with E-state index in [1.54, 1.807) is 44.7 Å². The molecule has 0 radical (unpaired) electrons. The number of nitrogens with one attached hydrogen (secondary N) is 1. The van der Waals surface area contributed by atoms with Crippen LogP contribution < -0.4 is 4.72 Å². The first-order valence-corrected chi connectivity index (χ1v) is 11.9. The standard InChI is InChI=1S/C21H32N2O6S/c1-7-28-18(24)21(11-13-23(14-12-21)19(25)29-20(3,4)5)17-15(2)9-8-10-16(17)22-30(6,26)27/h8-10,22H,7,11-14H2,1-6H3. The molecule has 0 aromatic heterocycles. The average Bonchev–Trinajstić information content (AvgIpc) is 2.59. The summed E-state index contributed by atoms with van der Waals surface area (Å²) in [6, 6.07) is 5.22. The quantitative estimate of drug-likeness (QED) is 0.706. The number of piperidine rings is 1. The van der Waals surface area contributed by atoms with Crippen molar-refractivity contribution in [3.05, 3.63) is 29.3 Å². The first-order valence-electron chi connectivity index (χ1n) is 10.0. The number of likely N-dealkylation sites (tertiary alicyclic amines) is 1. The van der Waals surface area contributed by atoms with Gasteiger partial charge in [-0.15, -0.1) is 0 Å². The van der Waals surface area contributed by atoms with E-state index in [0.717, 1.165) is 11.8 Å². The second-order valence-corrected chi connectivity index (χ2v) is 10.4. The Labute approximate surface area is 179 Å². The number of anilines is 1. The van der Waals surface area contributed by atoms with Crippen LogP contribution in [0.4, 0.5) is 10.5 Å². The van der Waals surface area contributed by atoms with Crippen molar-refractivity contribution in [3.63, 3.8) is 0 Å². The van der Waals surface area contributed by atoms with Crippen molar-refractivity contribution < 1.29 is 27.5 Å². The van der Waals surface area contributed by atoms with Gasteiger partial charge in [-0.05, 0) is 64.7 Å². The molecule has 0 bridgehead atoms. The van der Waals surface area contributed by atoms with Gasteiger partial charge in [0, 0.05) is 13.1 Å². The van der Waals surface area contributed by atoms with Gasteiger partial charge in [0.25, 0.3) is 0 Å². The molecule has 1 heterocycles. The zero-order valence-electron chi connectivity index (χ0n) is 18.6. The molecule has 0 atom stereocenters. The van der Waals surface area contributed by atoms with Crippen LogP contribution in [0.15, 0.2) is 18.2 Å². The Balaban J connectivity index is 2.45. The third-order valence-corrected chi connectivity index (χ3v) is 5.57. The number of aryl methyl sites for hydroxylation is 1. The van der Waals surface area contributed by atoms with Crippen molar-refractivity contribution >= 4 is 27.8 Å². The predicted octanol–water partition coefficient (Wildman–Crippen LogP) is 3.20. The fourth-order valence-corrected chi connectivity index (χ4v) is 4.38. The maximum Gasteiger partial charge on any atom is 0.410 e. The topological polar surface area (TPSA) is 102 Å². The lowest BCUT2D eigenvalue weighted by molar-refractivity contribution is -0.152. The molecule has 0 unspecified atom stereocenters. The summed E-state index contributed by atoms with van der Waals surface area (Å²) < 4.78 is 37.2. The van der Waals surface area contributed by atoms with E-state index in [0.29, 0.717) is 37.2 Å². The number of benzene rings is 1. The van der Waals surface area contributed by atoms with Gasteiger partial charge >= 0.3 is 12.1 Å². The smallest absolute Gasteiger partial charge is 0.410 e. The van der Waals surface area contributed by atoms with E-state index in [9.17, 15) is 18.0 Å². The number of hydrogen-bond donors (Lipinski definition) is 1. The van der Waals surface area contributed by atoms with Crippen molar-refractivity contribution in [2.24, 2.45) is 0 Å². The lowest BCUT2D eigenvalue weighted by Gasteiger charge is -2.41. The molecule has 8 nitrogen and oxygen atoms in total. The van der Waals surface area contributed by atoms with Gasteiger partial charge in [0.2, 0.25) is 10.0 Å². The summed E-state index contributed by atoms with van der Waals surface area (Å²) in [4.78, 5) is 27.2. The predicted molar refractivity (Wildman–Crippen MR) is 115 cm³/mol. The average molecular weight is 441 g/mol. The summed E-state index contributed by atoms with van der Waals surface area (Å²) in [5.74, 6) is -0.417. The number of nitrogens with zero attached hydrogens (tertiary/aromatic N) is 1. The first-order chi connectivity index (χ1) is 13.8. The molecular formula is C21H32N2O6S. The van der Waals surface area contributed by atoms with Crippen LogP contribution in [-0.4, -0.2) is 56.9 Å². The van der Waals surface area contributed by atoms with E-state index < -0.39 is 33.1 Å². The summed E-state index contributed by atoms with van der Waals surface area (Å²) in [5.41, 5.74) is 0.0545. The summed E-state index contributed by atoms with van der Waals surface area (Å²) in [6.07, 6.45) is 1.24. The number of carbonyl (C=O) groups is 2. The highest BCUT2D eigenvalue weighted by Crippen LogP contribution is 2.43. The molecule has 30 heavy (non-hydrogen) atoms. The molecule has 0 saturated carbocycles. The van der Waals surface area contributed by atoms with Crippen molar-refractivity contribution in [1.82, 2.24) is 4.90 Å². The lowest BCUT2D eigenvalue weighted by atomic mass is 9.70. The second-order valence-electron chi connectivity index (χ2n) is 8.64. The molecule has 2 rings (SSSR count). The minimum atomic E-state index is -3.55. The van der Waals surface area contributed by atoms with E-state index in [4.69, 9.17) is 9.47 Å². The Kier molecular flexibility index (Phi) is 7.06. The van der Waals surface area contributed by atoms with E-state index >= 15 is 0 Å². The molecule has 1 aliphatic heterocycles. The Hall–Kier alpha value is -2.29. The molecule has 168 valence electrons. The number of hydrogen-bond acceptors (Lipinski definition) is 6. The lowest BCUT2D eigenvalue weighted by Crippen LogP contribution is -2.51. The molecule has 0 spiro atoms. The van der Waals surface area contributed by atoms with Gasteiger partial charge in [0.15, 0.2) is 0 Å². The highest BCUT2D eigenvalue weighted by Gasteiger charge is 2.47. The molecule has 1 aromatic rings. The van der Waals surface area contributed by atoms with Gasteiger partial charge in [-0.25, -0.2) is 13.2 Å². The molecule has 1 aromatic carbocycles. The number of rotatable bonds is 5. The van der Waals surface area contributed by atoms with Crippen LogP contribution in [0.5, 0.6) is 0 Å². The summed E-state index contributed by atoms with van der Waals surface area (Å²) >= 11 is 0. The van der Waals surface area contributed by atoms with Gasteiger partial charge in [-0.1, -0.05) is 12.1 Å². The van der Waals surface area contributed by atoms with Crippen LogP contribution in [0.1, 0.15) is 51.7 Å². The molecule has 1 fully saturated rings. The number of amides is 1. The fourth-order valence-electron chi connectivity index (χ4n) is 3.81. The van der Waals surface area contributed by atoms with Gasteiger partial charge in [-0.3, -0.25) is 9.52 Å². The van der Waals surface area contributed by atoms with Gasteiger partial charge in [0.05, 0.1) is 24.0 Å². The number of carbonyl (C=O) groups excluding carboxylic acids is 2. The molecule has 1 saturated heterocycles. The Bertz CT molecular complexity index is 897. The maximum atomic E-state index is 13.2. The summed E-state index contributed by atoms with van der Waals surface area (Å²) in [7, 11) is -3.55. The normalized spacial score (nSPS) is 16.7. The number of esters is 1. The van der Waals surface area contributed by atoms with Crippen molar-refractivity contribution in [2.75, 3.05) is 30.7 Å². The van der Waals surface area contributed by atoms with E-state index in [2.05, 4.69) is 4.72 Å². The van der Waals surface area contributed by atoms with Crippen LogP contribution in [0.25, 0.3) is 0 Å². The third kappa shape index (κ3) is 5.65. The maximum absolute atomic E-state index is 13.2. The first kappa shape index (κ1) is 24.0. The number of sulfonamides is 1. The van der Waals surface area contributed by atoms with Gasteiger partial charge in [0.1, 0.15) is 5.60 Å². The second kappa shape index (κ2) is 8.83. The summed E-state index contributed by atoms with van der Waals surface area (Å²) in [6.45, 7) is 9.76. The van der Waals surface area contributed by atoms with Crippen molar-refractivity contribution in [3.8, 4) is 0 Å². The molecule has 1 aliphatic rings. The minimum absolute atomic E-state index is 0.205.